The fourth-order valence-electron chi connectivity index (χ4n) is 3.79. The van der Waals surface area contributed by atoms with Gasteiger partial charge < -0.3 is 0 Å². The summed E-state index contributed by atoms with van der Waals surface area (Å²) < 4.78 is 12.3. The first-order chi connectivity index (χ1) is 15.4. The zero-order valence-corrected chi connectivity index (χ0v) is 21.6. The van der Waals surface area contributed by atoms with E-state index in [0.29, 0.717) is 31.8 Å². The summed E-state index contributed by atoms with van der Waals surface area (Å²) >= 11 is 13.5. The molecule has 4 rings (SSSR count). The molecule has 160 valence electrons. The van der Waals surface area contributed by atoms with E-state index in [2.05, 4.69) is 5.32 Å². The number of halogens is 2. The van der Waals surface area contributed by atoms with E-state index in [-0.39, 0.29) is 5.91 Å². The molecule has 7 heteroatoms. The van der Waals surface area contributed by atoms with Gasteiger partial charge in [-0.15, -0.1) is 0 Å². The van der Waals surface area contributed by atoms with Gasteiger partial charge in [0.25, 0.3) is 0 Å². The molecule has 1 aliphatic rings. The molecular weight excluding hydrogens is 456 g/mol. The van der Waals surface area contributed by atoms with Gasteiger partial charge in [-0.25, -0.2) is 0 Å². The molecule has 0 spiro atoms. The molecule has 3 aromatic rings. The van der Waals surface area contributed by atoms with Crippen LogP contribution < -0.4 is 14.8 Å². The molecule has 0 aromatic heterocycles. The van der Waals surface area contributed by atoms with Crippen molar-refractivity contribution in [2.45, 2.75) is 22.9 Å². The number of rotatable bonds is 6. The second-order valence-electron chi connectivity index (χ2n) is 8.06. The van der Waals surface area contributed by atoms with Crippen molar-refractivity contribution in [1.82, 2.24) is 5.32 Å². The van der Waals surface area contributed by atoms with Crippen LogP contribution in [0.3, 0.4) is 0 Å². The molecule has 1 unspecified atom stereocenters. The Morgan fingerprint density at radius 1 is 1.16 bits per heavy atom. The van der Waals surface area contributed by atoms with Crippen LogP contribution in [-0.2, 0) is 6.42 Å². The summed E-state index contributed by atoms with van der Waals surface area (Å²) in [4.78, 5) is 12.5. The molecule has 1 heterocycles. The van der Waals surface area contributed by atoms with Crippen molar-refractivity contribution in [3.05, 3.63) is 86.9 Å². The summed E-state index contributed by atoms with van der Waals surface area (Å²) in [6.45, 7) is 3.29. The summed E-state index contributed by atoms with van der Waals surface area (Å²) in [5.74, 6) is 1.89. The van der Waals surface area contributed by atoms with Crippen LogP contribution in [0.25, 0.3) is 0 Å². The van der Waals surface area contributed by atoms with Crippen molar-refractivity contribution in [1.29, 1.82) is 0 Å². The Kier molecular flexibility index (Phi) is 7.70. The number of nitrogens with one attached hydrogen (secondary N) is 1. The predicted molar refractivity (Wildman–Crippen MR) is 129 cm³/mol. The number of aryl methyl sites for hydroxylation is 1. The van der Waals surface area contributed by atoms with E-state index < -0.39 is 0 Å². The van der Waals surface area contributed by atoms with Crippen LogP contribution >= 0.6 is 23.2 Å². The summed E-state index contributed by atoms with van der Waals surface area (Å²) in [5.41, 5.74) is 4.03. The minimum absolute atomic E-state index is 0.124. The van der Waals surface area contributed by atoms with Crippen LogP contribution in [0.2, 0.25) is 10.0 Å². The molecule has 4 nitrogen and oxygen atoms in total. The number of carbonyl (C=O) groups is 1. The van der Waals surface area contributed by atoms with Gasteiger partial charge >= 0.3 is 151 Å². The first-order valence-corrected chi connectivity index (χ1v) is 12.6. The van der Waals surface area contributed by atoms with E-state index >= 15 is 0 Å². The van der Waals surface area contributed by atoms with Gasteiger partial charge in [-0.3, -0.25) is 0 Å². The van der Waals surface area contributed by atoms with E-state index in [1.807, 2.05) is 37.3 Å². The van der Waals surface area contributed by atoms with Crippen molar-refractivity contribution >= 4 is 57.0 Å². The van der Waals surface area contributed by atoms with Crippen molar-refractivity contribution in [3.8, 4) is 17.2 Å². The zero-order valence-electron chi connectivity index (χ0n) is 18.1. The fraction of sp³-hybridized carbons (Fsp3) is 0.240. The summed E-state index contributed by atoms with van der Waals surface area (Å²) in [6, 6.07) is 16.6. The number of benzene rings is 3. The van der Waals surface area contributed by atoms with Crippen LogP contribution in [-0.4, -0.2) is 47.0 Å². The van der Waals surface area contributed by atoms with Crippen LogP contribution in [0.1, 0.15) is 36.6 Å². The molecule has 0 bridgehead atoms. The average Bonchev–Trinajstić information content (AvgIpc) is 2.77. The molecule has 0 radical (unpaired) electrons. The Morgan fingerprint density at radius 2 is 1.94 bits per heavy atom. The third kappa shape index (κ3) is 5.62. The molecule has 1 atom stereocenters. The number of carbonyl (C=O) groups excluding carboxylic acids is 1. The van der Waals surface area contributed by atoms with Gasteiger partial charge in [-0.1, -0.05) is 17.7 Å². The van der Waals surface area contributed by atoms with Crippen molar-refractivity contribution in [2.75, 3.05) is 13.2 Å². The number of fused-ring (bicyclic) bond motifs is 1. The number of ether oxygens (including phenoxy) is 2. The monoisotopic (exact) mass is 477 g/mol. The molecule has 1 amide bonds. The summed E-state index contributed by atoms with van der Waals surface area (Å²) in [7, 11) is 0. The van der Waals surface area contributed by atoms with Crippen molar-refractivity contribution in [2.24, 2.45) is 0 Å². The van der Waals surface area contributed by atoms with Gasteiger partial charge in [-0.2, -0.15) is 0 Å². The van der Waals surface area contributed by atoms with Crippen LogP contribution in [0, 0.1) is 6.92 Å². The van der Waals surface area contributed by atoms with Gasteiger partial charge in [0, 0.05) is 11.6 Å². The van der Waals surface area contributed by atoms with Gasteiger partial charge in [0.05, 0.1) is 0 Å². The second-order valence-corrected chi connectivity index (χ2v) is 10.3. The first-order valence-electron chi connectivity index (χ1n) is 10.7. The normalized spacial score (nSPS) is 15.0. The SMILES string of the molecule is Cc1cc(Cl)ccc1CCNC(=O)c1ccc(Oc2cc3c(cc2Cl)[CH]([Na])CCO3)cc1. The second kappa shape index (κ2) is 10.5. The average molecular weight is 478 g/mol. The third-order valence-electron chi connectivity index (χ3n) is 5.73. The quantitative estimate of drug-likeness (QED) is 0.439. The van der Waals surface area contributed by atoms with E-state index in [9.17, 15) is 4.79 Å². The summed E-state index contributed by atoms with van der Waals surface area (Å²) in [5, 5.41) is 4.24. The van der Waals surface area contributed by atoms with Gasteiger partial charge in [0.15, 0.2) is 0 Å². The Labute approximate surface area is 215 Å². The Balaban J connectivity index is 1.36. The van der Waals surface area contributed by atoms with E-state index in [0.717, 1.165) is 63.7 Å². The maximum absolute atomic E-state index is 12.5. The van der Waals surface area contributed by atoms with Crippen LogP contribution in [0.15, 0.2) is 54.6 Å². The van der Waals surface area contributed by atoms with Crippen molar-refractivity contribution in [3.63, 3.8) is 0 Å². The van der Waals surface area contributed by atoms with Crippen molar-refractivity contribution < 1.29 is 14.3 Å². The maximum atomic E-state index is 12.5. The van der Waals surface area contributed by atoms with Crippen LogP contribution in [0.4, 0.5) is 0 Å². The van der Waals surface area contributed by atoms with Gasteiger partial charge in [0.1, 0.15) is 0 Å². The molecule has 1 N–H and O–H groups in total. The molecule has 0 aliphatic carbocycles. The molecule has 0 saturated carbocycles. The standard InChI is InChI=1S/C25H22Cl2NO3.Na/c1-16-13-20(26)7-4-17(16)10-11-28-25(29)18-5-8-21(9-6-18)31-24-15-23-19(14-22(24)27)3-2-12-30-23;/h3-9,13-15H,2,10-12H2,1H3,(H,28,29);. The molecule has 0 fully saturated rings. The Bertz CT molecular complexity index is 1130. The first kappa shape index (κ1) is 23.5. The molecule has 0 saturated heterocycles. The fourth-order valence-corrected chi connectivity index (χ4v) is 4.92. The molecular formula is C25H22Cl2NNaO3. The number of hydrogen-bond donors (Lipinski definition) is 1. The molecule has 3 aromatic carbocycles. The minimum atomic E-state index is -0.124. The number of amides is 1. The van der Waals surface area contributed by atoms with E-state index in [4.69, 9.17) is 32.7 Å². The van der Waals surface area contributed by atoms with Crippen LogP contribution in [0.5, 0.6) is 17.2 Å². The summed E-state index contributed by atoms with van der Waals surface area (Å²) in [6.07, 6.45) is 1.79. The zero-order chi connectivity index (χ0) is 22.7. The van der Waals surface area contributed by atoms with Gasteiger partial charge in [-0.05, 0) is 36.6 Å². The Hall–Kier alpha value is -1.69. The van der Waals surface area contributed by atoms with E-state index in [1.165, 1.54) is 11.1 Å². The number of hydrogen-bond acceptors (Lipinski definition) is 3. The third-order valence-corrected chi connectivity index (χ3v) is 7.46. The molecule has 1 aliphatic heterocycles. The van der Waals surface area contributed by atoms with E-state index in [1.54, 1.807) is 24.3 Å². The molecule has 32 heavy (non-hydrogen) atoms. The Morgan fingerprint density at radius 3 is 2.69 bits per heavy atom. The predicted octanol–water partition coefficient (Wildman–Crippen LogP) is 6.06. The van der Waals surface area contributed by atoms with Gasteiger partial charge in [0.2, 0.25) is 0 Å². The topological polar surface area (TPSA) is 47.6 Å².